The Morgan fingerprint density at radius 3 is 2.35 bits per heavy atom. The van der Waals surface area contributed by atoms with Crippen LogP contribution in [0.4, 0.5) is 14.5 Å². The molecule has 0 heterocycles. The predicted molar refractivity (Wildman–Crippen MR) is 81.9 cm³/mol. The van der Waals surface area contributed by atoms with E-state index in [1.807, 2.05) is 4.90 Å². The maximum atomic E-state index is 12.4. The van der Waals surface area contributed by atoms with Crippen LogP contribution in [0.5, 0.6) is 5.75 Å². The van der Waals surface area contributed by atoms with Crippen molar-refractivity contribution in [3.8, 4) is 5.75 Å². The molecule has 0 saturated heterocycles. The van der Waals surface area contributed by atoms with E-state index in [9.17, 15) is 13.6 Å². The molecule has 8 heteroatoms. The molecular weight excluding hydrogens is 310 g/mol. The van der Waals surface area contributed by atoms with Gasteiger partial charge in [0.2, 0.25) is 5.91 Å². The third-order valence-corrected chi connectivity index (χ3v) is 2.97. The molecule has 1 amide bonds. The Kier molecular flexibility index (Phi) is 9.11. The number of hydrogen-bond donors (Lipinski definition) is 1. The Morgan fingerprint density at radius 1 is 1.17 bits per heavy atom. The Hall–Kier alpha value is -1.77. The lowest BCUT2D eigenvalue weighted by Gasteiger charge is -2.21. The van der Waals surface area contributed by atoms with Crippen LogP contribution in [0, 0.1) is 0 Å². The first kappa shape index (κ1) is 19.3. The summed E-state index contributed by atoms with van der Waals surface area (Å²) in [6.07, 6.45) is 0. The van der Waals surface area contributed by atoms with Crippen molar-refractivity contribution in [2.45, 2.75) is 6.61 Å². The third-order valence-electron chi connectivity index (χ3n) is 2.97. The van der Waals surface area contributed by atoms with Gasteiger partial charge in [-0.2, -0.15) is 8.78 Å². The molecule has 1 N–H and O–H groups in total. The second kappa shape index (κ2) is 10.9. The van der Waals surface area contributed by atoms with Crippen molar-refractivity contribution in [3.63, 3.8) is 0 Å². The number of rotatable bonds is 11. The summed E-state index contributed by atoms with van der Waals surface area (Å²) in [7, 11) is 3.15. The van der Waals surface area contributed by atoms with Crippen LogP contribution >= 0.6 is 0 Å². The van der Waals surface area contributed by atoms with Crippen molar-refractivity contribution in [1.29, 1.82) is 0 Å². The number of hydrogen-bond acceptors (Lipinski definition) is 5. The molecule has 0 fully saturated rings. The molecule has 0 atom stereocenters. The molecule has 0 aromatic heterocycles. The summed E-state index contributed by atoms with van der Waals surface area (Å²) < 4.78 is 39.1. The fraction of sp³-hybridized carbons (Fsp3) is 0.533. The topological polar surface area (TPSA) is 60.0 Å². The second-order valence-electron chi connectivity index (χ2n) is 4.68. The molecule has 0 aliphatic carbocycles. The van der Waals surface area contributed by atoms with Gasteiger partial charge in [0.15, 0.2) is 0 Å². The van der Waals surface area contributed by atoms with Gasteiger partial charge in [-0.05, 0) is 12.1 Å². The Morgan fingerprint density at radius 2 is 1.78 bits per heavy atom. The van der Waals surface area contributed by atoms with Crippen LogP contribution in [0.25, 0.3) is 0 Å². The lowest BCUT2D eigenvalue weighted by molar-refractivity contribution is -0.117. The van der Waals surface area contributed by atoms with Crippen molar-refractivity contribution < 1.29 is 27.8 Å². The van der Waals surface area contributed by atoms with E-state index in [0.717, 1.165) is 0 Å². The number of halogens is 2. The average molecular weight is 332 g/mol. The molecule has 0 aliphatic heterocycles. The van der Waals surface area contributed by atoms with Crippen LogP contribution in [0.2, 0.25) is 0 Å². The number of nitrogens with one attached hydrogen (secondary N) is 1. The van der Waals surface area contributed by atoms with Crippen LogP contribution < -0.4 is 10.1 Å². The Bertz CT molecular complexity index is 467. The highest BCUT2D eigenvalue weighted by Crippen LogP contribution is 2.25. The van der Waals surface area contributed by atoms with Crippen molar-refractivity contribution in [3.05, 3.63) is 24.3 Å². The molecule has 130 valence electrons. The number of alkyl halides is 2. The lowest BCUT2D eigenvalue weighted by atomic mass is 10.3. The molecule has 6 nitrogen and oxygen atoms in total. The standard InChI is InChI=1S/C15H22F2N2O4/c1-21-9-7-19(8-10-22-2)11-14(20)18-12-5-3-4-6-13(12)23-15(16)17/h3-6,15H,7-11H2,1-2H3,(H,18,20). The highest BCUT2D eigenvalue weighted by atomic mass is 19.3. The molecule has 0 spiro atoms. The lowest BCUT2D eigenvalue weighted by Crippen LogP contribution is -2.37. The minimum Gasteiger partial charge on any atom is -0.433 e. The summed E-state index contributed by atoms with van der Waals surface area (Å²) in [5, 5.41) is 2.58. The zero-order chi connectivity index (χ0) is 17.1. The summed E-state index contributed by atoms with van der Waals surface area (Å²) >= 11 is 0. The Balaban J connectivity index is 2.62. The fourth-order valence-corrected chi connectivity index (χ4v) is 1.87. The van der Waals surface area contributed by atoms with Gasteiger partial charge in [0.1, 0.15) is 5.75 Å². The number of carbonyl (C=O) groups excluding carboxylic acids is 1. The summed E-state index contributed by atoms with van der Waals surface area (Å²) in [6.45, 7) is -0.793. The minimum absolute atomic E-state index is 0.0730. The smallest absolute Gasteiger partial charge is 0.387 e. The van der Waals surface area contributed by atoms with Gasteiger partial charge in [0.05, 0.1) is 25.4 Å². The second-order valence-corrected chi connectivity index (χ2v) is 4.68. The number of anilines is 1. The number of carbonyl (C=O) groups is 1. The zero-order valence-electron chi connectivity index (χ0n) is 13.3. The number of nitrogens with zero attached hydrogens (tertiary/aromatic N) is 1. The number of para-hydroxylation sites is 2. The van der Waals surface area contributed by atoms with E-state index in [4.69, 9.17) is 9.47 Å². The van der Waals surface area contributed by atoms with E-state index < -0.39 is 6.61 Å². The van der Waals surface area contributed by atoms with E-state index >= 15 is 0 Å². The highest BCUT2D eigenvalue weighted by molar-refractivity contribution is 5.93. The summed E-state index contributed by atoms with van der Waals surface area (Å²) in [6, 6.07) is 6.05. The van der Waals surface area contributed by atoms with Crippen molar-refractivity contribution in [2.24, 2.45) is 0 Å². The van der Waals surface area contributed by atoms with Crippen molar-refractivity contribution >= 4 is 11.6 Å². The predicted octanol–water partition coefficient (Wildman–Crippen LogP) is 1.82. The highest BCUT2D eigenvalue weighted by Gasteiger charge is 2.14. The van der Waals surface area contributed by atoms with Gasteiger partial charge in [-0.15, -0.1) is 0 Å². The first-order valence-corrected chi connectivity index (χ1v) is 7.10. The largest absolute Gasteiger partial charge is 0.433 e. The fourth-order valence-electron chi connectivity index (χ4n) is 1.87. The molecule has 0 unspecified atom stereocenters. The molecule has 1 aromatic carbocycles. The van der Waals surface area contributed by atoms with Gasteiger partial charge >= 0.3 is 6.61 Å². The van der Waals surface area contributed by atoms with Crippen LogP contribution in [0.3, 0.4) is 0 Å². The normalized spacial score (nSPS) is 11.0. The monoisotopic (exact) mass is 332 g/mol. The van der Waals surface area contributed by atoms with Crippen LogP contribution in [0.15, 0.2) is 24.3 Å². The maximum absolute atomic E-state index is 12.4. The first-order valence-electron chi connectivity index (χ1n) is 7.10. The summed E-state index contributed by atoms with van der Waals surface area (Å²) in [5.74, 6) is -0.404. The molecular formula is C15H22F2N2O4. The van der Waals surface area contributed by atoms with Gasteiger partial charge in [-0.1, -0.05) is 12.1 Å². The van der Waals surface area contributed by atoms with Gasteiger partial charge in [-0.25, -0.2) is 0 Å². The van der Waals surface area contributed by atoms with Crippen LogP contribution in [-0.4, -0.2) is 64.5 Å². The summed E-state index contributed by atoms with van der Waals surface area (Å²) in [4.78, 5) is 14.0. The number of methoxy groups -OCH3 is 2. The van der Waals surface area contributed by atoms with Gasteiger partial charge in [0.25, 0.3) is 0 Å². The van der Waals surface area contributed by atoms with Crippen molar-refractivity contribution in [2.75, 3.05) is 52.4 Å². The average Bonchev–Trinajstić information content (AvgIpc) is 2.51. The Labute approximate surface area is 134 Å². The summed E-state index contributed by atoms with van der Waals surface area (Å²) in [5.41, 5.74) is 0.205. The third kappa shape index (κ3) is 7.87. The van der Waals surface area contributed by atoms with Crippen molar-refractivity contribution in [1.82, 2.24) is 4.90 Å². The van der Waals surface area contributed by atoms with Crippen LogP contribution in [0.1, 0.15) is 0 Å². The zero-order valence-corrected chi connectivity index (χ0v) is 13.3. The molecule has 23 heavy (non-hydrogen) atoms. The van der Waals surface area contributed by atoms with E-state index in [1.165, 1.54) is 12.1 Å². The van der Waals surface area contributed by atoms with E-state index in [2.05, 4.69) is 10.1 Å². The van der Waals surface area contributed by atoms with Gasteiger partial charge in [0, 0.05) is 27.3 Å². The van der Waals surface area contributed by atoms with E-state index in [0.29, 0.717) is 26.3 Å². The maximum Gasteiger partial charge on any atom is 0.387 e. The number of amides is 1. The molecule has 0 aliphatic rings. The SMILES string of the molecule is COCCN(CCOC)CC(=O)Nc1ccccc1OC(F)F. The van der Waals surface area contributed by atoms with E-state index in [-0.39, 0.29) is 23.9 Å². The first-order chi connectivity index (χ1) is 11.1. The minimum atomic E-state index is -2.95. The van der Waals surface area contributed by atoms with Gasteiger partial charge in [-0.3, -0.25) is 9.69 Å². The molecule has 1 aromatic rings. The molecule has 1 rings (SSSR count). The number of ether oxygens (including phenoxy) is 3. The quantitative estimate of drug-likeness (QED) is 0.670. The van der Waals surface area contributed by atoms with E-state index in [1.54, 1.807) is 26.4 Å². The molecule has 0 saturated carbocycles. The molecule has 0 bridgehead atoms. The van der Waals surface area contributed by atoms with Crippen LogP contribution in [-0.2, 0) is 14.3 Å². The van der Waals surface area contributed by atoms with Gasteiger partial charge < -0.3 is 19.5 Å². The molecule has 0 radical (unpaired) electrons. The number of benzene rings is 1.